The van der Waals surface area contributed by atoms with Crippen LogP contribution in [0.5, 0.6) is 5.88 Å². The molecule has 0 aliphatic rings. The van der Waals surface area contributed by atoms with Gasteiger partial charge < -0.3 is 10.1 Å². The minimum absolute atomic E-state index is 0.163. The van der Waals surface area contributed by atoms with Gasteiger partial charge in [-0.25, -0.2) is 4.68 Å². The maximum absolute atomic E-state index is 12.6. The molecule has 0 saturated heterocycles. The fourth-order valence-corrected chi connectivity index (χ4v) is 3.81. The molecule has 164 valence electrons. The summed E-state index contributed by atoms with van der Waals surface area (Å²) in [5.41, 5.74) is 4.93. The van der Waals surface area contributed by atoms with E-state index in [4.69, 9.17) is 9.72 Å². The van der Waals surface area contributed by atoms with Crippen LogP contribution < -0.4 is 10.1 Å². The highest BCUT2D eigenvalue weighted by molar-refractivity contribution is 5.95. The van der Waals surface area contributed by atoms with Gasteiger partial charge in [-0.2, -0.15) is 10.1 Å². The van der Waals surface area contributed by atoms with Gasteiger partial charge in [-0.05, 0) is 43.9 Å². The van der Waals surface area contributed by atoms with Crippen LogP contribution in [0.4, 0.5) is 0 Å². The van der Waals surface area contributed by atoms with Crippen LogP contribution in [0.25, 0.3) is 22.2 Å². The molecule has 2 aromatic carbocycles. The molecule has 0 radical (unpaired) electrons. The van der Waals surface area contributed by atoms with Crippen LogP contribution in [0.1, 0.15) is 25.1 Å². The predicted octanol–water partition coefficient (Wildman–Crippen LogP) is 4.55. The molecule has 0 bridgehead atoms. The van der Waals surface area contributed by atoms with Gasteiger partial charge in [-0.15, -0.1) is 0 Å². The Labute approximate surface area is 188 Å². The van der Waals surface area contributed by atoms with Crippen molar-refractivity contribution in [3.8, 4) is 17.0 Å². The quantitative estimate of drug-likeness (QED) is 0.447. The fourth-order valence-electron chi connectivity index (χ4n) is 3.81. The lowest BCUT2D eigenvalue weighted by Gasteiger charge is -2.15. The van der Waals surface area contributed by atoms with Gasteiger partial charge in [0.15, 0.2) is 11.8 Å². The number of fused-ring (bicyclic) bond motifs is 1. The Balaban J connectivity index is 1.55. The zero-order valence-corrected chi connectivity index (χ0v) is 18.7. The molecule has 1 N–H and O–H groups in total. The molecule has 1 amide bonds. The summed E-state index contributed by atoms with van der Waals surface area (Å²) in [7, 11) is 0. The van der Waals surface area contributed by atoms with Gasteiger partial charge in [0.05, 0.1) is 11.1 Å². The topological polar surface area (TPSA) is 69.0 Å². The second kappa shape index (κ2) is 9.64. The van der Waals surface area contributed by atoms with E-state index >= 15 is 0 Å². The molecule has 0 spiro atoms. The minimum Gasteiger partial charge on any atom is -0.464 e. The van der Waals surface area contributed by atoms with Gasteiger partial charge in [0, 0.05) is 19.2 Å². The molecule has 2 heterocycles. The first-order valence-corrected chi connectivity index (χ1v) is 11.0. The number of aromatic nitrogens is 3. The largest absolute Gasteiger partial charge is 0.464 e. The zero-order chi connectivity index (χ0) is 22.5. The van der Waals surface area contributed by atoms with Crippen LogP contribution >= 0.6 is 0 Å². The Morgan fingerprint density at radius 3 is 2.47 bits per heavy atom. The lowest BCUT2D eigenvalue weighted by molar-refractivity contribution is -0.127. The number of ether oxygens (including phenoxy) is 1. The molecule has 0 aliphatic carbocycles. The average molecular weight is 429 g/mol. The van der Waals surface area contributed by atoms with Crippen LogP contribution in [0, 0.1) is 6.92 Å². The molecule has 6 nitrogen and oxygen atoms in total. The summed E-state index contributed by atoms with van der Waals surface area (Å²) >= 11 is 0. The maximum Gasteiger partial charge on any atom is 0.260 e. The number of hydrogen-bond donors (Lipinski definition) is 1. The lowest BCUT2D eigenvalue weighted by Crippen LogP contribution is -2.37. The van der Waals surface area contributed by atoms with E-state index in [1.54, 1.807) is 6.92 Å². The summed E-state index contributed by atoms with van der Waals surface area (Å²) < 4.78 is 7.86. The summed E-state index contributed by atoms with van der Waals surface area (Å²) in [6.45, 7) is 7.02. The molecule has 6 heteroatoms. The highest BCUT2D eigenvalue weighted by Crippen LogP contribution is 2.33. The van der Waals surface area contributed by atoms with Crippen molar-refractivity contribution in [3.05, 3.63) is 78.0 Å². The Kier molecular flexibility index (Phi) is 6.50. The average Bonchev–Trinajstić information content (AvgIpc) is 3.15. The molecule has 1 unspecified atom stereocenters. The number of nitrogens with one attached hydrogen (secondary N) is 1. The molecule has 4 aromatic rings. The summed E-state index contributed by atoms with van der Waals surface area (Å²) in [4.78, 5) is 17.3. The number of hydrogen-bond acceptors (Lipinski definition) is 4. The summed E-state index contributed by atoms with van der Waals surface area (Å²) in [6.07, 6.45) is 0.106. The number of amides is 1. The molecule has 1 atom stereocenters. The van der Waals surface area contributed by atoms with Crippen molar-refractivity contribution in [2.75, 3.05) is 6.54 Å². The normalized spacial score (nSPS) is 12.0. The Morgan fingerprint density at radius 2 is 1.78 bits per heavy atom. The second-order valence-corrected chi connectivity index (χ2v) is 7.76. The minimum atomic E-state index is -0.668. The SMILES string of the molecule is CCn1nc(C)c2c(-c3ccccc3)cc(OC(C)C(=O)NCCc3ccccc3)nc21. The highest BCUT2D eigenvalue weighted by Gasteiger charge is 2.20. The van der Waals surface area contributed by atoms with Gasteiger partial charge >= 0.3 is 0 Å². The van der Waals surface area contributed by atoms with Crippen molar-refractivity contribution in [2.45, 2.75) is 39.8 Å². The second-order valence-electron chi connectivity index (χ2n) is 7.76. The summed E-state index contributed by atoms with van der Waals surface area (Å²) in [6, 6.07) is 22.1. The van der Waals surface area contributed by atoms with E-state index in [-0.39, 0.29) is 5.91 Å². The summed E-state index contributed by atoms with van der Waals surface area (Å²) in [5, 5.41) is 8.60. The molecule has 0 fully saturated rings. The first-order chi connectivity index (χ1) is 15.6. The van der Waals surface area contributed by atoms with Crippen LogP contribution in [0.3, 0.4) is 0 Å². The number of nitrogens with zero attached hydrogens (tertiary/aromatic N) is 3. The van der Waals surface area contributed by atoms with Crippen LogP contribution in [-0.2, 0) is 17.8 Å². The van der Waals surface area contributed by atoms with Crippen molar-refractivity contribution in [1.29, 1.82) is 0 Å². The number of benzene rings is 2. The highest BCUT2D eigenvalue weighted by atomic mass is 16.5. The molecular weight excluding hydrogens is 400 g/mol. The third-order valence-electron chi connectivity index (χ3n) is 5.46. The van der Waals surface area contributed by atoms with E-state index in [1.165, 1.54) is 5.56 Å². The van der Waals surface area contributed by atoms with Crippen molar-refractivity contribution in [2.24, 2.45) is 0 Å². The number of carbonyl (C=O) groups is 1. The van der Waals surface area contributed by atoms with Crippen LogP contribution in [-0.4, -0.2) is 33.3 Å². The standard InChI is InChI=1S/C26H28N4O2/c1-4-30-25-24(18(2)29-30)22(21-13-9-6-10-14-21)17-23(28-25)32-19(3)26(31)27-16-15-20-11-7-5-8-12-20/h5-14,17,19H,4,15-16H2,1-3H3,(H,27,31). The molecule has 0 saturated carbocycles. The summed E-state index contributed by atoms with van der Waals surface area (Å²) in [5.74, 6) is 0.251. The smallest absolute Gasteiger partial charge is 0.260 e. The van der Waals surface area contributed by atoms with Gasteiger partial charge in [0.1, 0.15) is 0 Å². The maximum atomic E-state index is 12.6. The molecule has 4 rings (SSSR count). The number of carbonyl (C=O) groups excluding carboxylic acids is 1. The first kappa shape index (κ1) is 21.6. The van der Waals surface area contributed by atoms with Crippen molar-refractivity contribution in [1.82, 2.24) is 20.1 Å². The first-order valence-electron chi connectivity index (χ1n) is 11.0. The van der Waals surface area contributed by atoms with Crippen molar-refractivity contribution < 1.29 is 9.53 Å². The zero-order valence-electron chi connectivity index (χ0n) is 18.7. The van der Waals surface area contributed by atoms with Crippen LogP contribution in [0.2, 0.25) is 0 Å². The third kappa shape index (κ3) is 4.64. The van der Waals surface area contributed by atoms with E-state index in [2.05, 4.69) is 34.7 Å². The molecule has 2 aromatic heterocycles. The van der Waals surface area contributed by atoms with Gasteiger partial charge in [-0.1, -0.05) is 60.7 Å². The number of rotatable bonds is 8. The van der Waals surface area contributed by atoms with Gasteiger partial charge in [0.25, 0.3) is 5.91 Å². The number of aryl methyl sites for hydroxylation is 2. The Hall–Kier alpha value is -3.67. The van der Waals surface area contributed by atoms with E-state index in [1.807, 2.05) is 61.0 Å². The monoisotopic (exact) mass is 428 g/mol. The predicted molar refractivity (Wildman–Crippen MR) is 127 cm³/mol. The molecular formula is C26H28N4O2. The third-order valence-corrected chi connectivity index (χ3v) is 5.46. The molecule has 0 aliphatic heterocycles. The fraction of sp³-hybridized carbons (Fsp3) is 0.269. The van der Waals surface area contributed by atoms with E-state index in [0.29, 0.717) is 19.0 Å². The van der Waals surface area contributed by atoms with E-state index < -0.39 is 6.10 Å². The van der Waals surface area contributed by atoms with Crippen molar-refractivity contribution >= 4 is 16.9 Å². The van der Waals surface area contributed by atoms with Gasteiger partial charge in [-0.3, -0.25) is 4.79 Å². The van der Waals surface area contributed by atoms with Gasteiger partial charge in [0.2, 0.25) is 5.88 Å². The molecule has 32 heavy (non-hydrogen) atoms. The van der Waals surface area contributed by atoms with Crippen LogP contribution in [0.15, 0.2) is 66.7 Å². The van der Waals surface area contributed by atoms with Crippen molar-refractivity contribution in [3.63, 3.8) is 0 Å². The lowest BCUT2D eigenvalue weighted by atomic mass is 10.0. The van der Waals surface area contributed by atoms with E-state index in [0.717, 1.165) is 34.3 Å². The Bertz CT molecular complexity index is 1200. The Morgan fingerprint density at radius 1 is 1.09 bits per heavy atom. The van der Waals surface area contributed by atoms with E-state index in [9.17, 15) is 4.79 Å². The number of pyridine rings is 1.